The van der Waals surface area contributed by atoms with Crippen molar-refractivity contribution in [2.75, 3.05) is 26.2 Å². The molecule has 1 aliphatic rings. The van der Waals surface area contributed by atoms with Gasteiger partial charge in [-0.3, -0.25) is 19.7 Å². The normalized spacial score (nSPS) is 17.1. The molecule has 1 fully saturated rings. The summed E-state index contributed by atoms with van der Waals surface area (Å²) in [6.45, 7) is 8.02. The zero-order valence-electron chi connectivity index (χ0n) is 21.0. The van der Waals surface area contributed by atoms with Crippen LogP contribution in [0.15, 0.2) is 66.4 Å². The number of likely N-dealkylation sites (tertiary alicyclic amines) is 1. The van der Waals surface area contributed by atoms with Crippen LogP contribution in [0.25, 0.3) is 11.4 Å². The smallest absolute Gasteiger partial charge is 0.295 e. The minimum absolute atomic E-state index is 0.110. The van der Waals surface area contributed by atoms with E-state index in [1.165, 1.54) is 29.3 Å². The minimum Gasteiger partial charge on any atom is -0.507 e. The Morgan fingerprint density at radius 3 is 2.46 bits per heavy atom. The lowest BCUT2D eigenvalue weighted by Crippen LogP contribution is -2.38. The number of aromatic nitrogens is 2. The van der Waals surface area contributed by atoms with Gasteiger partial charge in [0.1, 0.15) is 5.76 Å². The molecule has 0 radical (unpaired) electrons. The number of carbonyl (C=O) groups is 2. The molecule has 10 heteroatoms. The molecule has 1 saturated heterocycles. The predicted octanol–water partition coefficient (Wildman–Crippen LogP) is 3.85. The zero-order chi connectivity index (χ0) is 26.7. The SMILES string of the molecule is CCN(CC)CCN1C(=O)C(=O)C(=C(O)c2cnn(-c3ccccc3)c2C)C1c1cccc([N+](=O)[O-])c1. The summed E-state index contributed by atoms with van der Waals surface area (Å²) < 4.78 is 1.63. The number of hydrogen-bond donors (Lipinski definition) is 1. The number of aliphatic hydroxyl groups excluding tert-OH is 1. The molecule has 10 nitrogen and oxygen atoms in total. The highest BCUT2D eigenvalue weighted by Gasteiger charge is 2.46. The van der Waals surface area contributed by atoms with Gasteiger partial charge in [0.05, 0.1) is 39.7 Å². The third-order valence-corrected chi connectivity index (χ3v) is 6.75. The van der Waals surface area contributed by atoms with Crippen LogP contribution in [0.1, 0.15) is 36.7 Å². The molecule has 4 rings (SSSR count). The minimum atomic E-state index is -0.977. The van der Waals surface area contributed by atoms with E-state index in [1.807, 2.05) is 44.2 Å². The summed E-state index contributed by atoms with van der Waals surface area (Å²) >= 11 is 0. The van der Waals surface area contributed by atoms with E-state index in [0.717, 1.165) is 18.8 Å². The molecule has 1 aromatic heterocycles. The molecule has 1 atom stereocenters. The molecule has 192 valence electrons. The lowest BCUT2D eigenvalue weighted by atomic mass is 9.95. The van der Waals surface area contributed by atoms with E-state index in [9.17, 15) is 24.8 Å². The van der Waals surface area contributed by atoms with Crippen LogP contribution in [0, 0.1) is 17.0 Å². The summed E-state index contributed by atoms with van der Waals surface area (Å²) in [6, 6.07) is 14.2. The van der Waals surface area contributed by atoms with Crippen LogP contribution in [-0.2, 0) is 9.59 Å². The molecule has 2 heterocycles. The first kappa shape index (κ1) is 25.8. The third kappa shape index (κ3) is 4.88. The Balaban J connectivity index is 1.85. The fourth-order valence-electron chi connectivity index (χ4n) is 4.67. The van der Waals surface area contributed by atoms with Crippen molar-refractivity contribution in [3.05, 3.63) is 93.3 Å². The van der Waals surface area contributed by atoms with Crippen LogP contribution in [-0.4, -0.2) is 67.5 Å². The van der Waals surface area contributed by atoms with Crippen molar-refractivity contribution in [3.63, 3.8) is 0 Å². The van der Waals surface area contributed by atoms with E-state index in [4.69, 9.17) is 0 Å². The Morgan fingerprint density at radius 2 is 1.81 bits per heavy atom. The first-order valence-electron chi connectivity index (χ1n) is 12.1. The second-order valence-corrected chi connectivity index (χ2v) is 8.76. The van der Waals surface area contributed by atoms with Crippen molar-refractivity contribution < 1.29 is 19.6 Å². The fourth-order valence-corrected chi connectivity index (χ4v) is 4.67. The summed E-state index contributed by atoms with van der Waals surface area (Å²) in [6.07, 6.45) is 1.45. The standard InChI is InChI=1S/C27H29N5O5/c1-4-29(5-2)14-15-30-24(19-10-9-13-21(16-19)32(36)37)23(26(34)27(30)35)25(33)22-17-28-31(18(22)3)20-11-7-6-8-12-20/h6-13,16-17,24,33H,4-5,14-15H2,1-3H3. The van der Waals surface area contributed by atoms with Crippen LogP contribution in [0.4, 0.5) is 5.69 Å². The number of rotatable bonds is 9. The molecule has 0 aliphatic carbocycles. The number of amides is 1. The van der Waals surface area contributed by atoms with E-state index >= 15 is 0 Å². The highest BCUT2D eigenvalue weighted by atomic mass is 16.6. The molecule has 0 spiro atoms. The first-order valence-corrected chi connectivity index (χ1v) is 12.1. The number of nitro benzene ring substituents is 1. The molecule has 0 bridgehead atoms. The maximum absolute atomic E-state index is 13.3. The van der Waals surface area contributed by atoms with Gasteiger partial charge < -0.3 is 14.9 Å². The van der Waals surface area contributed by atoms with Gasteiger partial charge in [0, 0.05) is 25.2 Å². The van der Waals surface area contributed by atoms with Crippen molar-refractivity contribution in [1.29, 1.82) is 0 Å². The number of Topliss-reactive ketones (excluding diaryl/α,β-unsaturated/α-hetero) is 1. The number of carbonyl (C=O) groups excluding carboxylic acids is 2. The van der Waals surface area contributed by atoms with Crippen LogP contribution in [0.3, 0.4) is 0 Å². The third-order valence-electron chi connectivity index (χ3n) is 6.75. The molecule has 0 saturated carbocycles. The van der Waals surface area contributed by atoms with Crippen LogP contribution in [0.5, 0.6) is 0 Å². The number of nitrogens with zero attached hydrogens (tertiary/aromatic N) is 5. The van der Waals surface area contributed by atoms with E-state index in [1.54, 1.807) is 17.7 Å². The Morgan fingerprint density at radius 1 is 1.11 bits per heavy atom. The maximum Gasteiger partial charge on any atom is 0.295 e. The van der Waals surface area contributed by atoms with Crippen LogP contribution < -0.4 is 0 Å². The van der Waals surface area contributed by atoms with Gasteiger partial charge in [0.15, 0.2) is 0 Å². The predicted molar refractivity (Wildman–Crippen MR) is 138 cm³/mol. The molecular weight excluding hydrogens is 474 g/mol. The summed E-state index contributed by atoms with van der Waals surface area (Å²) in [5, 5.41) is 27.3. The first-order chi connectivity index (χ1) is 17.8. The van der Waals surface area contributed by atoms with Crippen molar-refractivity contribution >= 4 is 23.1 Å². The van der Waals surface area contributed by atoms with Crippen LogP contribution >= 0.6 is 0 Å². The molecule has 3 aromatic rings. The van der Waals surface area contributed by atoms with E-state index in [2.05, 4.69) is 10.00 Å². The van der Waals surface area contributed by atoms with Crippen molar-refractivity contribution in [2.45, 2.75) is 26.8 Å². The maximum atomic E-state index is 13.3. The van der Waals surface area contributed by atoms with Gasteiger partial charge in [-0.15, -0.1) is 0 Å². The highest BCUT2D eigenvalue weighted by molar-refractivity contribution is 6.46. The Bertz CT molecular complexity index is 1360. The van der Waals surface area contributed by atoms with E-state index < -0.39 is 22.7 Å². The molecule has 1 unspecified atom stereocenters. The van der Waals surface area contributed by atoms with Gasteiger partial charge in [0.25, 0.3) is 17.4 Å². The second kappa shape index (κ2) is 10.8. The summed E-state index contributed by atoms with van der Waals surface area (Å²) in [4.78, 5) is 41.0. The zero-order valence-corrected chi connectivity index (χ0v) is 21.0. The Hall–Kier alpha value is -4.31. The number of nitro groups is 1. The summed E-state index contributed by atoms with van der Waals surface area (Å²) in [5.41, 5.74) is 1.76. The molecule has 2 aromatic carbocycles. The highest BCUT2D eigenvalue weighted by Crippen LogP contribution is 2.40. The number of ketones is 1. The van der Waals surface area contributed by atoms with Gasteiger partial charge in [-0.05, 0) is 37.7 Å². The molecule has 37 heavy (non-hydrogen) atoms. The lowest BCUT2D eigenvalue weighted by Gasteiger charge is -2.28. The molecule has 1 aliphatic heterocycles. The number of hydrogen-bond acceptors (Lipinski definition) is 7. The van der Waals surface area contributed by atoms with Crippen molar-refractivity contribution in [2.24, 2.45) is 0 Å². The van der Waals surface area contributed by atoms with E-state index in [0.29, 0.717) is 23.4 Å². The number of non-ortho nitro benzene ring substituents is 1. The van der Waals surface area contributed by atoms with Crippen molar-refractivity contribution in [3.8, 4) is 5.69 Å². The fraction of sp³-hybridized carbons (Fsp3) is 0.296. The van der Waals surface area contributed by atoms with E-state index in [-0.39, 0.29) is 23.6 Å². The quantitative estimate of drug-likeness (QED) is 0.155. The summed E-state index contributed by atoms with van der Waals surface area (Å²) in [5.74, 6) is -1.95. The topological polar surface area (TPSA) is 122 Å². The summed E-state index contributed by atoms with van der Waals surface area (Å²) in [7, 11) is 0. The monoisotopic (exact) mass is 503 g/mol. The number of aliphatic hydroxyl groups is 1. The Labute approximate surface area is 214 Å². The largest absolute Gasteiger partial charge is 0.507 e. The van der Waals surface area contributed by atoms with Crippen molar-refractivity contribution in [1.82, 2.24) is 19.6 Å². The van der Waals surface area contributed by atoms with Gasteiger partial charge in [0.2, 0.25) is 0 Å². The van der Waals surface area contributed by atoms with Gasteiger partial charge in [-0.1, -0.05) is 44.2 Å². The number of benzene rings is 2. The Kier molecular flexibility index (Phi) is 7.49. The lowest BCUT2D eigenvalue weighted by molar-refractivity contribution is -0.384. The molecular formula is C27H29N5O5. The average molecular weight is 504 g/mol. The molecule has 1 N–H and O–H groups in total. The average Bonchev–Trinajstić information content (AvgIpc) is 3.42. The molecule has 1 amide bonds. The van der Waals surface area contributed by atoms with Gasteiger partial charge in [-0.25, -0.2) is 4.68 Å². The van der Waals surface area contributed by atoms with Crippen LogP contribution in [0.2, 0.25) is 0 Å². The second-order valence-electron chi connectivity index (χ2n) is 8.76. The number of para-hydroxylation sites is 1. The van der Waals surface area contributed by atoms with Gasteiger partial charge >= 0.3 is 0 Å². The van der Waals surface area contributed by atoms with Gasteiger partial charge in [-0.2, -0.15) is 5.10 Å². The number of likely N-dealkylation sites (N-methyl/N-ethyl adjacent to an activating group) is 1.